The van der Waals surface area contributed by atoms with E-state index in [2.05, 4.69) is 5.10 Å². The normalized spacial score (nSPS) is 10.6. The molecule has 15 heavy (non-hydrogen) atoms. The van der Waals surface area contributed by atoms with Crippen LogP contribution in [0.25, 0.3) is 0 Å². The fraction of sp³-hybridized carbons (Fsp3) is 0.182. The number of halogens is 2. The topological polar surface area (TPSA) is 17.8 Å². The zero-order valence-electron chi connectivity index (χ0n) is 8.24. The van der Waals surface area contributed by atoms with E-state index in [1.54, 1.807) is 10.7 Å². The minimum atomic E-state index is -0.257. The van der Waals surface area contributed by atoms with Crippen LogP contribution in [0.3, 0.4) is 0 Å². The van der Waals surface area contributed by atoms with Crippen LogP contribution in [-0.4, -0.2) is 9.78 Å². The van der Waals surface area contributed by atoms with Crippen LogP contribution in [0.15, 0.2) is 30.5 Å². The van der Waals surface area contributed by atoms with E-state index in [9.17, 15) is 4.39 Å². The zero-order chi connectivity index (χ0) is 10.8. The number of hydrogen-bond acceptors (Lipinski definition) is 1. The van der Waals surface area contributed by atoms with Crippen molar-refractivity contribution in [2.75, 3.05) is 0 Å². The van der Waals surface area contributed by atoms with Crippen LogP contribution in [-0.2, 0) is 6.54 Å². The Morgan fingerprint density at radius 1 is 1.40 bits per heavy atom. The molecule has 0 N–H and O–H groups in total. The summed E-state index contributed by atoms with van der Waals surface area (Å²) < 4.78 is 15.0. The van der Waals surface area contributed by atoms with Gasteiger partial charge in [-0.25, -0.2) is 4.39 Å². The molecule has 1 aromatic heterocycles. The molecule has 0 amide bonds. The van der Waals surface area contributed by atoms with Gasteiger partial charge in [0, 0.05) is 16.8 Å². The van der Waals surface area contributed by atoms with Crippen LogP contribution in [0.5, 0.6) is 0 Å². The van der Waals surface area contributed by atoms with E-state index in [4.69, 9.17) is 11.6 Å². The highest BCUT2D eigenvalue weighted by atomic mass is 35.5. The van der Waals surface area contributed by atoms with Gasteiger partial charge in [-0.15, -0.1) is 0 Å². The zero-order valence-corrected chi connectivity index (χ0v) is 9.00. The Kier molecular flexibility index (Phi) is 2.73. The Balaban J connectivity index is 2.27. The minimum absolute atomic E-state index is 0.257. The maximum Gasteiger partial charge on any atom is 0.128 e. The number of aryl methyl sites for hydroxylation is 1. The van der Waals surface area contributed by atoms with Crippen molar-refractivity contribution in [2.45, 2.75) is 13.5 Å². The summed E-state index contributed by atoms with van der Waals surface area (Å²) in [7, 11) is 0. The van der Waals surface area contributed by atoms with Gasteiger partial charge in [0.15, 0.2) is 0 Å². The summed E-state index contributed by atoms with van der Waals surface area (Å²) in [6.45, 7) is 2.30. The lowest BCUT2D eigenvalue weighted by molar-refractivity contribution is 0.584. The van der Waals surface area contributed by atoms with Gasteiger partial charge in [0.05, 0.1) is 12.2 Å². The number of rotatable bonds is 2. The van der Waals surface area contributed by atoms with Crippen LogP contribution in [0.4, 0.5) is 4.39 Å². The quantitative estimate of drug-likeness (QED) is 0.767. The Hall–Kier alpha value is -1.35. The molecule has 1 heterocycles. The van der Waals surface area contributed by atoms with E-state index in [0.717, 1.165) is 5.69 Å². The van der Waals surface area contributed by atoms with E-state index >= 15 is 0 Å². The summed E-state index contributed by atoms with van der Waals surface area (Å²) in [4.78, 5) is 0. The highest BCUT2D eigenvalue weighted by Crippen LogP contribution is 2.15. The summed E-state index contributed by atoms with van der Waals surface area (Å²) in [6.07, 6.45) is 1.82. The van der Waals surface area contributed by atoms with Gasteiger partial charge < -0.3 is 0 Å². The van der Waals surface area contributed by atoms with Gasteiger partial charge in [-0.1, -0.05) is 11.6 Å². The van der Waals surface area contributed by atoms with Crippen molar-refractivity contribution in [1.29, 1.82) is 0 Å². The van der Waals surface area contributed by atoms with Crippen LogP contribution in [0, 0.1) is 12.7 Å². The second kappa shape index (κ2) is 4.03. The lowest BCUT2D eigenvalue weighted by atomic mass is 10.2. The van der Waals surface area contributed by atoms with Crippen molar-refractivity contribution < 1.29 is 4.39 Å². The second-order valence-electron chi connectivity index (χ2n) is 3.39. The fourth-order valence-electron chi connectivity index (χ4n) is 1.39. The van der Waals surface area contributed by atoms with Crippen LogP contribution in [0.1, 0.15) is 11.3 Å². The standard InChI is InChI=1S/C11H10ClFN2/c1-8-4-5-15(14-8)7-9-6-10(12)2-3-11(9)13/h2-6H,7H2,1H3. The van der Waals surface area contributed by atoms with Crippen LogP contribution >= 0.6 is 11.6 Å². The average molecular weight is 225 g/mol. The number of benzene rings is 1. The first-order valence-corrected chi connectivity index (χ1v) is 4.97. The van der Waals surface area contributed by atoms with Gasteiger partial charge in [-0.05, 0) is 31.2 Å². The second-order valence-corrected chi connectivity index (χ2v) is 3.83. The molecule has 78 valence electrons. The molecule has 2 aromatic rings. The smallest absolute Gasteiger partial charge is 0.128 e. The molecule has 2 rings (SSSR count). The lowest BCUT2D eigenvalue weighted by Gasteiger charge is -2.03. The molecule has 0 radical (unpaired) electrons. The fourth-order valence-corrected chi connectivity index (χ4v) is 1.58. The predicted octanol–water partition coefficient (Wildman–Crippen LogP) is 3.03. The van der Waals surface area contributed by atoms with Crippen molar-refractivity contribution in [1.82, 2.24) is 9.78 Å². The highest BCUT2D eigenvalue weighted by molar-refractivity contribution is 6.30. The van der Waals surface area contributed by atoms with E-state index in [-0.39, 0.29) is 5.82 Å². The van der Waals surface area contributed by atoms with Crippen molar-refractivity contribution in [3.05, 3.63) is 52.6 Å². The molecule has 0 aliphatic heterocycles. The van der Waals surface area contributed by atoms with Gasteiger partial charge >= 0.3 is 0 Å². The molecule has 2 nitrogen and oxygen atoms in total. The molecule has 0 atom stereocenters. The monoisotopic (exact) mass is 224 g/mol. The molecule has 0 spiro atoms. The van der Waals surface area contributed by atoms with Crippen LogP contribution in [0.2, 0.25) is 5.02 Å². The first-order valence-electron chi connectivity index (χ1n) is 4.59. The summed E-state index contributed by atoms with van der Waals surface area (Å²) in [5, 5.41) is 4.72. The Morgan fingerprint density at radius 3 is 2.87 bits per heavy atom. The maximum atomic E-state index is 13.4. The summed E-state index contributed by atoms with van der Waals surface area (Å²) in [5.74, 6) is -0.257. The predicted molar refractivity (Wildman–Crippen MR) is 57.5 cm³/mol. The Labute approximate surface area is 92.3 Å². The molecule has 0 saturated carbocycles. The van der Waals surface area contributed by atoms with Gasteiger partial charge in [-0.2, -0.15) is 5.10 Å². The molecular formula is C11H10ClFN2. The van der Waals surface area contributed by atoms with Crippen molar-refractivity contribution in [2.24, 2.45) is 0 Å². The highest BCUT2D eigenvalue weighted by Gasteiger charge is 2.04. The van der Waals surface area contributed by atoms with E-state index < -0.39 is 0 Å². The molecular weight excluding hydrogens is 215 g/mol. The Bertz CT molecular complexity index is 479. The minimum Gasteiger partial charge on any atom is -0.268 e. The molecule has 0 aliphatic carbocycles. The van der Waals surface area contributed by atoms with Gasteiger partial charge in [0.2, 0.25) is 0 Å². The van der Waals surface area contributed by atoms with E-state index in [0.29, 0.717) is 17.1 Å². The molecule has 0 fully saturated rings. The third-order valence-electron chi connectivity index (χ3n) is 2.11. The summed E-state index contributed by atoms with van der Waals surface area (Å²) >= 11 is 5.79. The summed E-state index contributed by atoms with van der Waals surface area (Å²) in [6, 6.07) is 6.40. The maximum absolute atomic E-state index is 13.4. The molecule has 0 unspecified atom stereocenters. The van der Waals surface area contributed by atoms with Crippen LogP contribution < -0.4 is 0 Å². The third-order valence-corrected chi connectivity index (χ3v) is 2.35. The molecule has 4 heteroatoms. The Morgan fingerprint density at radius 2 is 2.20 bits per heavy atom. The molecule has 1 aromatic carbocycles. The van der Waals surface area contributed by atoms with Crippen molar-refractivity contribution >= 4 is 11.6 Å². The number of aromatic nitrogens is 2. The molecule has 0 bridgehead atoms. The first kappa shape index (κ1) is 10.2. The number of hydrogen-bond donors (Lipinski definition) is 0. The van der Waals surface area contributed by atoms with Gasteiger partial charge in [0.1, 0.15) is 5.82 Å². The van der Waals surface area contributed by atoms with E-state index in [1.807, 2.05) is 19.2 Å². The van der Waals surface area contributed by atoms with Crippen molar-refractivity contribution in [3.63, 3.8) is 0 Å². The van der Waals surface area contributed by atoms with Gasteiger partial charge in [-0.3, -0.25) is 4.68 Å². The average Bonchev–Trinajstić information content (AvgIpc) is 2.58. The SMILES string of the molecule is Cc1ccn(Cc2cc(Cl)ccc2F)n1. The lowest BCUT2D eigenvalue weighted by Crippen LogP contribution is -2.02. The molecule has 0 saturated heterocycles. The van der Waals surface area contributed by atoms with Gasteiger partial charge in [0.25, 0.3) is 0 Å². The molecule has 0 aliphatic rings. The van der Waals surface area contributed by atoms with E-state index in [1.165, 1.54) is 12.1 Å². The largest absolute Gasteiger partial charge is 0.268 e. The first-order chi connectivity index (χ1) is 7.15. The summed E-state index contributed by atoms with van der Waals surface area (Å²) in [5.41, 5.74) is 1.46. The third kappa shape index (κ3) is 2.36. The van der Waals surface area contributed by atoms with Crippen molar-refractivity contribution in [3.8, 4) is 0 Å². The number of nitrogens with zero attached hydrogens (tertiary/aromatic N) is 2.